The van der Waals surface area contributed by atoms with Crippen molar-refractivity contribution in [3.05, 3.63) is 51.7 Å². The lowest BCUT2D eigenvalue weighted by atomic mass is 10.4. The molecule has 0 bridgehead atoms. The highest BCUT2D eigenvalue weighted by molar-refractivity contribution is 8.00. The average Bonchev–Trinajstić information content (AvgIpc) is 2.41. The molecule has 0 atom stereocenters. The number of halogens is 3. The van der Waals surface area contributed by atoms with Crippen LogP contribution in [-0.2, 0) is 4.79 Å². The standard InChI is InChI=1S/C13H9Cl3N2OS/c14-8-3-1-4-9(15)12(8)20-7-11(19)18-10-5-2-6-17-13(10)16/h1-6H,7H2,(H,18,19). The molecule has 104 valence electrons. The minimum absolute atomic E-state index is 0.175. The highest BCUT2D eigenvalue weighted by atomic mass is 35.5. The molecule has 0 radical (unpaired) electrons. The van der Waals surface area contributed by atoms with E-state index in [1.165, 1.54) is 11.8 Å². The van der Waals surface area contributed by atoms with Crippen LogP contribution in [0.3, 0.4) is 0 Å². The highest BCUT2D eigenvalue weighted by Crippen LogP contribution is 2.33. The zero-order valence-electron chi connectivity index (χ0n) is 10.1. The fourth-order valence-corrected chi connectivity index (χ4v) is 3.07. The lowest BCUT2D eigenvalue weighted by Crippen LogP contribution is -2.14. The normalized spacial score (nSPS) is 10.3. The smallest absolute Gasteiger partial charge is 0.234 e. The molecule has 2 rings (SSSR count). The van der Waals surface area contributed by atoms with Gasteiger partial charge in [-0.3, -0.25) is 4.79 Å². The molecule has 0 fully saturated rings. The van der Waals surface area contributed by atoms with Gasteiger partial charge in [-0.2, -0.15) is 0 Å². The summed E-state index contributed by atoms with van der Waals surface area (Å²) in [6, 6.07) is 8.58. The quantitative estimate of drug-likeness (QED) is 0.639. The van der Waals surface area contributed by atoms with Crippen molar-refractivity contribution in [2.24, 2.45) is 0 Å². The first-order valence-corrected chi connectivity index (χ1v) is 7.67. The van der Waals surface area contributed by atoms with E-state index in [1.807, 2.05) is 0 Å². The topological polar surface area (TPSA) is 42.0 Å². The molecule has 0 saturated carbocycles. The molecule has 0 aliphatic rings. The number of aromatic nitrogens is 1. The monoisotopic (exact) mass is 346 g/mol. The van der Waals surface area contributed by atoms with E-state index < -0.39 is 0 Å². The Bertz CT molecular complexity index is 617. The van der Waals surface area contributed by atoms with Crippen molar-refractivity contribution in [2.75, 3.05) is 11.1 Å². The maximum absolute atomic E-state index is 11.9. The van der Waals surface area contributed by atoms with E-state index in [4.69, 9.17) is 34.8 Å². The lowest BCUT2D eigenvalue weighted by Gasteiger charge is -2.08. The van der Waals surface area contributed by atoms with E-state index in [1.54, 1.807) is 36.5 Å². The van der Waals surface area contributed by atoms with Crippen molar-refractivity contribution >= 4 is 58.2 Å². The molecular weight excluding hydrogens is 339 g/mol. The zero-order valence-corrected chi connectivity index (χ0v) is 13.2. The van der Waals surface area contributed by atoms with E-state index in [2.05, 4.69) is 10.3 Å². The van der Waals surface area contributed by atoms with Crippen LogP contribution in [0.25, 0.3) is 0 Å². The van der Waals surface area contributed by atoms with Gasteiger partial charge in [-0.1, -0.05) is 40.9 Å². The molecule has 1 amide bonds. The number of nitrogens with zero attached hydrogens (tertiary/aromatic N) is 1. The number of pyridine rings is 1. The second kappa shape index (κ2) is 7.18. The number of rotatable bonds is 4. The fraction of sp³-hybridized carbons (Fsp3) is 0.0769. The SMILES string of the molecule is O=C(CSc1c(Cl)cccc1Cl)Nc1cccnc1Cl. The number of amides is 1. The van der Waals surface area contributed by atoms with Crippen LogP contribution < -0.4 is 5.32 Å². The van der Waals surface area contributed by atoms with Crippen LogP contribution in [0, 0.1) is 0 Å². The second-order valence-electron chi connectivity index (χ2n) is 3.73. The Hall–Kier alpha value is -0.940. The molecule has 0 aliphatic carbocycles. The molecule has 3 nitrogen and oxygen atoms in total. The number of carbonyl (C=O) groups is 1. The summed E-state index contributed by atoms with van der Waals surface area (Å²) in [7, 11) is 0. The molecule has 2 aromatic rings. The molecule has 1 N–H and O–H groups in total. The Morgan fingerprint density at radius 2 is 1.85 bits per heavy atom. The zero-order chi connectivity index (χ0) is 14.5. The van der Waals surface area contributed by atoms with Crippen molar-refractivity contribution in [1.29, 1.82) is 0 Å². The molecular formula is C13H9Cl3N2OS. The average molecular weight is 348 g/mol. The molecule has 20 heavy (non-hydrogen) atoms. The summed E-state index contributed by atoms with van der Waals surface area (Å²) >= 11 is 19.2. The van der Waals surface area contributed by atoms with Gasteiger partial charge in [0.25, 0.3) is 0 Å². The van der Waals surface area contributed by atoms with E-state index in [0.29, 0.717) is 20.6 Å². The Labute approximate surface area is 135 Å². The van der Waals surface area contributed by atoms with Gasteiger partial charge in [0.15, 0.2) is 5.15 Å². The first-order chi connectivity index (χ1) is 9.58. The van der Waals surface area contributed by atoms with Gasteiger partial charge in [0, 0.05) is 11.1 Å². The lowest BCUT2D eigenvalue weighted by molar-refractivity contribution is -0.113. The molecule has 1 aromatic heterocycles. The third kappa shape index (κ3) is 4.03. The number of anilines is 1. The predicted molar refractivity (Wildman–Crippen MR) is 85.1 cm³/mol. The van der Waals surface area contributed by atoms with E-state index in [0.717, 1.165) is 0 Å². The summed E-state index contributed by atoms with van der Waals surface area (Å²) in [4.78, 5) is 16.4. The summed E-state index contributed by atoms with van der Waals surface area (Å²) in [5.41, 5.74) is 0.477. The van der Waals surface area contributed by atoms with Gasteiger partial charge >= 0.3 is 0 Å². The minimum Gasteiger partial charge on any atom is -0.323 e. The Morgan fingerprint density at radius 3 is 2.50 bits per heavy atom. The maximum Gasteiger partial charge on any atom is 0.234 e. The van der Waals surface area contributed by atoms with Gasteiger partial charge in [-0.25, -0.2) is 4.98 Å². The van der Waals surface area contributed by atoms with Crippen LogP contribution in [0.4, 0.5) is 5.69 Å². The van der Waals surface area contributed by atoms with Crippen LogP contribution >= 0.6 is 46.6 Å². The molecule has 1 heterocycles. The molecule has 7 heteroatoms. The number of nitrogens with one attached hydrogen (secondary N) is 1. The number of hydrogen-bond acceptors (Lipinski definition) is 3. The fourth-order valence-electron chi connectivity index (χ4n) is 1.42. The summed E-state index contributed by atoms with van der Waals surface area (Å²) in [6.07, 6.45) is 1.55. The number of thioether (sulfide) groups is 1. The van der Waals surface area contributed by atoms with E-state index in [9.17, 15) is 4.79 Å². The van der Waals surface area contributed by atoms with Crippen LogP contribution in [0.5, 0.6) is 0 Å². The van der Waals surface area contributed by atoms with E-state index >= 15 is 0 Å². The van der Waals surface area contributed by atoms with Crippen molar-refractivity contribution in [3.8, 4) is 0 Å². The summed E-state index contributed by atoms with van der Waals surface area (Å²) in [5, 5.41) is 3.98. The molecule has 1 aromatic carbocycles. The number of hydrogen-bond donors (Lipinski definition) is 1. The summed E-state index contributed by atoms with van der Waals surface area (Å²) in [6.45, 7) is 0. The van der Waals surface area contributed by atoms with Crippen LogP contribution in [0.2, 0.25) is 15.2 Å². The van der Waals surface area contributed by atoms with Crippen molar-refractivity contribution < 1.29 is 4.79 Å². The van der Waals surface area contributed by atoms with Crippen LogP contribution in [0.1, 0.15) is 0 Å². The van der Waals surface area contributed by atoms with Crippen molar-refractivity contribution in [1.82, 2.24) is 4.98 Å². The second-order valence-corrected chi connectivity index (χ2v) is 5.89. The van der Waals surface area contributed by atoms with Gasteiger partial charge in [0.2, 0.25) is 5.91 Å². The minimum atomic E-state index is -0.208. The number of carbonyl (C=O) groups excluding carboxylic acids is 1. The van der Waals surface area contributed by atoms with Crippen LogP contribution in [0.15, 0.2) is 41.4 Å². The van der Waals surface area contributed by atoms with E-state index in [-0.39, 0.29) is 16.8 Å². The Morgan fingerprint density at radius 1 is 1.15 bits per heavy atom. The summed E-state index contributed by atoms with van der Waals surface area (Å²) in [5.74, 6) is -0.0322. The van der Waals surface area contributed by atoms with Crippen LogP contribution in [-0.4, -0.2) is 16.6 Å². The maximum atomic E-state index is 11.9. The van der Waals surface area contributed by atoms with Gasteiger partial charge in [0.1, 0.15) is 0 Å². The van der Waals surface area contributed by atoms with Gasteiger partial charge in [-0.05, 0) is 24.3 Å². The molecule has 0 spiro atoms. The van der Waals surface area contributed by atoms with Gasteiger partial charge in [-0.15, -0.1) is 11.8 Å². The third-order valence-electron chi connectivity index (χ3n) is 2.30. The number of benzene rings is 1. The first-order valence-electron chi connectivity index (χ1n) is 5.55. The molecule has 0 aliphatic heterocycles. The van der Waals surface area contributed by atoms with Crippen molar-refractivity contribution in [2.45, 2.75) is 4.90 Å². The predicted octanol–water partition coefficient (Wildman–Crippen LogP) is 4.77. The highest BCUT2D eigenvalue weighted by Gasteiger charge is 2.10. The third-order valence-corrected chi connectivity index (χ3v) is 4.59. The molecule has 0 saturated heterocycles. The Balaban J connectivity index is 1.98. The van der Waals surface area contributed by atoms with Crippen molar-refractivity contribution in [3.63, 3.8) is 0 Å². The summed E-state index contributed by atoms with van der Waals surface area (Å²) < 4.78 is 0. The van der Waals surface area contributed by atoms with Gasteiger partial charge in [0.05, 0.1) is 21.5 Å². The Kier molecular flexibility index (Phi) is 5.54. The van der Waals surface area contributed by atoms with Gasteiger partial charge < -0.3 is 5.32 Å². The largest absolute Gasteiger partial charge is 0.323 e. The first kappa shape index (κ1) is 15.4. The molecule has 0 unspecified atom stereocenters.